The molecule has 3 aromatic carbocycles. The summed E-state index contributed by atoms with van der Waals surface area (Å²) in [5, 5.41) is 10.3. The van der Waals surface area contributed by atoms with Gasteiger partial charge in [-0.3, -0.25) is 9.69 Å². The summed E-state index contributed by atoms with van der Waals surface area (Å²) in [6.07, 6.45) is 0.852. The number of halogens is 1. The van der Waals surface area contributed by atoms with Crippen LogP contribution >= 0.6 is 0 Å². The molecule has 3 aliphatic rings. The minimum absolute atomic E-state index is 0.0379. The lowest BCUT2D eigenvalue weighted by molar-refractivity contribution is -0.116. The number of hydrogen-bond acceptors (Lipinski definition) is 5. The van der Waals surface area contributed by atoms with Gasteiger partial charge in [-0.15, -0.1) is 0 Å². The van der Waals surface area contributed by atoms with Crippen molar-refractivity contribution in [2.45, 2.75) is 24.7 Å². The molecule has 35 heavy (non-hydrogen) atoms. The maximum Gasteiger partial charge on any atom is 0.162 e. The molecule has 170 valence electrons. The van der Waals surface area contributed by atoms with Crippen LogP contribution in [-0.2, 0) is 4.79 Å². The Bertz CT molecular complexity index is 1510. The third-order valence-electron chi connectivity index (χ3n) is 7.04. The summed E-state index contributed by atoms with van der Waals surface area (Å²) in [5.41, 5.74) is 10.6. The average molecular weight is 461 g/mol. The van der Waals surface area contributed by atoms with Gasteiger partial charge < -0.3 is 5.73 Å². The van der Waals surface area contributed by atoms with Crippen LogP contribution in [0.2, 0.25) is 0 Å². The van der Waals surface area contributed by atoms with Crippen LogP contribution in [0.25, 0.3) is 0 Å². The third kappa shape index (κ3) is 3.20. The zero-order chi connectivity index (χ0) is 24.1. The SMILES string of the molecule is N#CC1=C2N=C(N)c3ccccc3N2C2=C(C(=O)C[C@@H](c3ccccc3)C2)[C@H]1c1ccccc1F. The molecule has 0 bridgehead atoms. The summed E-state index contributed by atoms with van der Waals surface area (Å²) >= 11 is 0. The van der Waals surface area contributed by atoms with Crippen molar-refractivity contribution >= 4 is 17.3 Å². The van der Waals surface area contributed by atoms with Gasteiger partial charge in [0.15, 0.2) is 11.6 Å². The minimum Gasteiger partial charge on any atom is -0.383 e. The number of nitrogens with zero attached hydrogens (tertiary/aromatic N) is 3. The van der Waals surface area contributed by atoms with E-state index in [1.165, 1.54) is 6.07 Å². The molecule has 3 aromatic rings. The topological polar surface area (TPSA) is 82.5 Å². The van der Waals surface area contributed by atoms with E-state index in [1.807, 2.05) is 59.5 Å². The molecule has 2 heterocycles. The molecule has 0 saturated heterocycles. The predicted octanol–water partition coefficient (Wildman–Crippen LogP) is 5.28. The molecule has 0 spiro atoms. The van der Waals surface area contributed by atoms with Crippen molar-refractivity contribution in [3.05, 3.63) is 124 Å². The summed E-state index contributed by atoms with van der Waals surface area (Å²) in [6, 6.07) is 26.1. The molecule has 6 rings (SSSR count). The van der Waals surface area contributed by atoms with E-state index < -0.39 is 11.7 Å². The van der Waals surface area contributed by atoms with E-state index in [0.717, 1.165) is 22.5 Å². The van der Waals surface area contributed by atoms with Crippen molar-refractivity contribution < 1.29 is 9.18 Å². The normalized spacial score (nSPS) is 21.1. The quantitative estimate of drug-likeness (QED) is 0.564. The highest BCUT2D eigenvalue weighted by atomic mass is 19.1. The standard InChI is InChI=1S/C29H21FN4O/c30-22-12-6-4-10-19(22)26-21(16-31)29-33-28(32)20-11-5-7-13-23(20)34(29)24-14-18(15-25(35)27(24)26)17-8-2-1-3-9-17/h1-13,18,26H,14-15H2,(H2,32,33)/t18-,26-/m0/s1. The van der Waals surface area contributed by atoms with E-state index in [-0.39, 0.29) is 23.1 Å². The Kier molecular flexibility index (Phi) is 4.85. The first-order valence-electron chi connectivity index (χ1n) is 11.5. The molecule has 2 aliphatic heterocycles. The summed E-state index contributed by atoms with van der Waals surface area (Å²) < 4.78 is 15.1. The van der Waals surface area contributed by atoms with Crippen LogP contribution in [0.15, 0.2) is 107 Å². The predicted molar refractivity (Wildman–Crippen MR) is 132 cm³/mol. The van der Waals surface area contributed by atoms with Crippen molar-refractivity contribution in [2.75, 3.05) is 4.90 Å². The molecule has 2 atom stereocenters. The number of amidine groups is 1. The van der Waals surface area contributed by atoms with Gasteiger partial charge in [-0.1, -0.05) is 60.7 Å². The number of ketones is 1. The van der Waals surface area contributed by atoms with Crippen molar-refractivity contribution in [1.82, 2.24) is 0 Å². The van der Waals surface area contributed by atoms with Gasteiger partial charge in [0.25, 0.3) is 0 Å². The second kappa shape index (κ2) is 8.07. The maximum atomic E-state index is 15.1. The summed E-state index contributed by atoms with van der Waals surface area (Å²) in [7, 11) is 0. The highest BCUT2D eigenvalue weighted by molar-refractivity contribution is 6.08. The summed E-state index contributed by atoms with van der Waals surface area (Å²) in [6.45, 7) is 0. The molecule has 0 radical (unpaired) electrons. The van der Waals surface area contributed by atoms with Crippen LogP contribution in [-0.4, -0.2) is 11.6 Å². The number of carbonyl (C=O) groups excluding carboxylic acids is 1. The number of allylic oxidation sites excluding steroid dienone is 3. The first-order valence-corrected chi connectivity index (χ1v) is 11.5. The third-order valence-corrected chi connectivity index (χ3v) is 7.04. The Balaban J connectivity index is 1.64. The van der Waals surface area contributed by atoms with Crippen LogP contribution in [0.3, 0.4) is 0 Å². The maximum absolute atomic E-state index is 15.1. The Hall–Kier alpha value is -4.50. The Labute approximate surface area is 202 Å². The highest BCUT2D eigenvalue weighted by Crippen LogP contribution is 2.52. The molecule has 1 aliphatic carbocycles. The van der Waals surface area contributed by atoms with Crippen LogP contribution in [0.5, 0.6) is 0 Å². The molecule has 5 nitrogen and oxygen atoms in total. The van der Waals surface area contributed by atoms with Crippen LogP contribution in [0, 0.1) is 17.1 Å². The smallest absolute Gasteiger partial charge is 0.162 e. The van der Waals surface area contributed by atoms with Crippen molar-refractivity contribution in [3.8, 4) is 6.07 Å². The lowest BCUT2D eigenvalue weighted by atomic mass is 9.71. The molecule has 2 N–H and O–H groups in total. The number of para-hydroxylation sites is 1. The molecule has 6 heteroatoms. The van der Waals surface area contributed by atoms with Gasteiger partial charge in [0.05, 0.1) is 23.2 Å². The van der Waals surface area contributed by atoms with Crippen molar-refractivity contribution in [3.63, 3.8) is 0 Å². The molecular weight excluding hydrogens is 439 g/mol. The van der Waals surface area contributed by atoms with Crippen LogP contribution in [0.1, 0.15) is 41.4 Å². The van der Waals surface area contributed by atoms with E-state index in [2.05, 4.69) is 11.1 Å². The number of rotatable bonds is 2. The minimum atomic E-state index is -0.839. The number of benzene rings is 3. The zero-order valence-electron chi connectivity index (χ0n) is 18.8. The highest BCUT2D eigenvalue weighted by Gasteiger charge is 2.45. The Morgan fingerprint density at radius 3 is 2.46 bits per heavy atom. The van der Waals surface area contributed by atoms with Gasteiger partial charge in [-0.05, 0) is 36.1 Å². The van der Waals surface area contributed by atoms with Crippen molar-refractivity contribution in [2.24, 2.45) is 10.7 Å². The van der Waals surface area contributed by atoms with Gasteiger partial charge in [-0.25, -0.2) is 9.38 Å². The molecule has 0 amide bonds. The van der Waals surface area contributed by atoms with E-state index in [0.29, 0.717) is 29.8 Å². The first-order chi connectivity index (χ1) is 17.1. The average Bonchev–Trinajstić information content (AvgIpc) is 2.89. The number of Topliss-reactive ketones (excluding diaryl/α,β-unsaturated/α-hetero) is 1. The number of aliphatic imine (C=N–C) groups is 1. The fourth-order valence-electron chi connectivity index (χ4n) is 5.50. The van der Waals surface area contributed by atoms with Gasteiger partial charge in [0.1, 0.15) is 11.7 Å². The number of anilines is 1. The summed E-state index contributed by atoms with van der Waals surface area (Å²) in [5.74, 6) is -0.773. The van der Waals surface area contributed by atoms with Gasteiger partial charge in [0.2, 0.25) is 0 Å². The Morgan fingerprint density at radius 1 is 0.971 bits per heavy atom. The van der Waals surface area contributed by atoms with Crippen LogP contribution < -0.4 is 10.6 Å². The number of nitrogens with two attached hydrogens (primary N) is 1. The van der Waals surface area contributed by atoms with Gasteiger partial charge in [0, 0.05) is 28.8 Å². The Morgan fingerprint density at radius 2 is 1.69 bits per heavy atom. The number of fused-ring (bicyclic) bond motifs is 4. The van der Waals surface area contributed by atoms with Crippen LogP contribution in [0.4, 0.5) is 10.1 Å². The second-order valence-electron chi connectivity index (χ2n) is 8.95. The summed E-state index contributed by atoms with van der Waals surface area (Å²) in [4.78, 5) is 20.3. The first kappa shape index (κ1) is 21.1. The molecule has 0 saturated carbocycles. The molecule has 0 aromatic heterocycles. The molecule has 0 fully saturated rings. The number of nitriles is 1. The lowest BCUT2D eigenvalue weighted by Gasteiger charge is -2.43. The molecule has 0 unspecified atom stereocenters. The zero-order valence-corrected chi connectivity index (χ0v) is 18.8. The second-order valence-corrected chi connectivity index (χ2v) is 8.95. The van der Waals surface area contributed by atoms with E-state index >= 15 is 4.39 Å². The number of hydrogen-bond donors (Lipinski definition) is 1. The van der Waals surface area contributed by atoms with Gasteiger partial charge >= 0.3 is 0 Å². The van der Waals surface area contributed by atoms with E-state index in [9.17, 15) is 10.1 Å². The largest absolute Gasteiger partial charge is 0.383 e. The van der Waals surface area contributed by atoms with E-state index in [4.69, 9.17) is 5.73 Å². The number of carbonyl (C=O) groups is 1. The van der Waals surface area contributed by atoms with E-state index in [1.54, 1.807) is 18.2 Å². The fourth-order valence-corrected chi connectivity index (χ4v) is 5.50. The monoisotopic (exact) mass is 460 g/mol. The molecular formula is C29H21FN4O. The van der Waals surface area contributed by atoms with Crippen molar-refractivity contribution in [1.29, 1.82) is 5.26 Å². The fraction of sp³-hybridized carbons (Fsp3) is 0.138. The lowest BCUT2D eigenvalue weighted by Crippen LogP contribution is -2.40. The van der Waals surface area contributed by atoms with Gasteiger partial charge in [-0.2, -0.15) is 5.26 Å².